The van der Waals surface area contributed by atoms with Crippen molar-refractivity contribution in [2.24, 2.45) is 11.3 Å². The van der Waals surface area contributed by atoms with Crippen LogP contribution in [0.25, 0.3) is 0 Å². The lowest BCUT2D eigenvalue weighted by atomic mass is 9.66. The summed E-state index contributed by atoms with van der Waals surface area (Å²) in [7, 11) is 0. The van der Waals surface area contributed by atoms with E-state index in [-0.39, 0.29) is 0 Å². The van der Waals surface area contributed by atoms with Crippen LogP contribution in [-0.4, -0.2) is 24.1 Å². The van der Waals surface area contributed by atoms with Gasteiger partial charge in [-0.05, 0) is 43.0 Å². The van der Waals surface area contributed by atoms with Gasteiger partial charge in [0.2, 0.25) is 0 Å². The van der Waals surface area contributed by atoms with E-state index in [0.717, 1.165) is 11.2 Å². The summed E-state index contributed by atoms with van der Waals surface area (Å²) in [4.78, 5) is 0. The normalized spacial score (nSPS) is 45.7. The molecule has 1 spiro atoms. The zero-order valence-electron chi connectivity index (χ0n) is 8.81. The fourth-order valence-electron chi connectivity index (χ4n) is 3.21. The molecule has 0 saturated carbocycles. The molecule has 0 aromatic rings. The van der Waals surface area contributed by atoms with Gasteiger partial charge in [-0.2, -0.15) is 11.8 Å². The molecule has 1 nitrogen and oxygen atoms in total. The Morgan fingerprint density at radius 3 is 2.92 bits per heavy atom. The van der Waals surface area contributed by atoms with Crippen LogP contribution in [0.15, 0.2) is 0 Å². The zero-order valence-corrected chi connectivity index (χ0v) is 9.62. The van der Waals surface area contributed by atoms with Gasteiger partial charge in [0, 0.05) is 5.25 Å². The Balaban J connectivity index is 2.15. The Morgan fingerprint density at radius 1 is 1.46 bits per heavy atom. The van der Waals surface area contributed by atoms with Crippen LogP contribution in [-0.2, 0) is 0 Å². The van der Waals surface area contributed by atoms with Gasteiger partial charge < -0.3 is 5.32 Å². The number of nitrogens with one attached hydrogen (secondary N) is 1. The van der Waals surface area contributed by atoms with E-state index in [2.05, 4.69) is 30.9 Å². The van der Waals surface area contributed by atoms with Crippen LogP contribution in [0.3, 0.4) is 0 Å². The first-order chi connectivity index (χ1) is 6.29. The van der Waals surface area contributed by atoms with E-state index in [1.54, 1.807) is 0 Å². The molecule has 0 amide bonds. The lowest BCUT2D eigenvalue weighted by Gasteiger charge is -2.44. The van der Waals surface area contributed by atoms with Gasteiger partial charge in [0.1, 0.15) is 0 Å². The first kappa shape index (κ1) is 9.85. The number of rotatable bonds is 1. The predicted molar refractivity (Wildman–Crippen MR) is 60.2 cm³/mol. The van der Waals surface area contributed by atoms with Gasteiger partial charge in [0.15, 0.2) is 0 Å². The van der Waals surface area contributed by atoms with Crippen molar-refractivity contribution in [1.29, 1.82) is 0 Å². The summed E-state index contributed by atoms with van der Waals surface area (Å²) >= 11 is 2.19. The smallest absolute Gasteiger partial charge is 0.00790 e. The van der Waals surface area contributed by atoms with Crippen LogP contribution in [0.4, 0.5) is 0 Å². The molecule has 2 heteroatoms. The van der Waals surface area contributed by atoms with Crippen molar-refractivity contribution in [3.63, 3.8) is 0 Å². The molecule has 0 aromatic carbocycles. The molecule has 2 heterocycles. The molecule has 13 heavy (non-hydrogen) atoms. The quantitative estimate of drug-likeness (QED) is 0.696. The number of piperidine rings is 1. The summed E-state index contributed by atoms with van der Waals surface area (Å²) in [6.07, 6.45) is 4.25. The van der Waals surface area contributed by atoms with E-state index in [4.69, 9.17) is 0 Å². The van der Waals surface area contributed by atoms with Gasteiger partial charge in [-0.1, -0.05) is 20.3 Å². The van der Waals surface area contributed by atoms with Crippen LogP contribution in [0.1, 0.15) is 33.1 Å². The fraction of sp³-hybridized carbons (Fsp3) is 1.00. The van der Waals surface area contributed by atoms with Crippen LogP contribution in [0.5, 0.6) is 0 Å². The van der Waals surface area contributed by atoms with Crippen molar-refractivity contribution in [1.82, 2.24) is 5.32 Å². The highest BCUT2D eigenvalue weighted by molar-refractivity contribution is 8.00. The van der Waals surface area contributed by atoms with Crippen LogP contribution >= 0.6 is 11.8 Å². The van der Waals surface area contributed by atoms with E-state index in [0.29, 0.717) is 5.41 Å². The zero-order chi connectivity index (χ0) is 9.31. The Kier molecular flexibility index (Phi) is 2.89. The van der Waals surface area contributed by atoms with Gasteiger partial charge in [-0.3, -0.25) is 0 Å². The molecule has 0 aromatic heterocycles. The molecule has 2 rings (SSSR count). The standard InChI is InChI=1S/C11H21NS/c1-3-10-8-12-6-4-11(10)5-7-13-9(11)2/h9-10,12H,3-8H2,1-2H3. The van der Waals surface area contributed by atoms with E-state index >= 15 is 0 Å². The molecule has 3 atom stereocenters. The second-order valence-corrected chi connectivity index (χ2v) is 6.00. The van der Waals surface area contributed by atoms with Crippen LogP contribution < -0.4 is 5.32 Å². The number of hydrogen-bond acceptors (Lipinski definition) is 2. The molecule has 0 bridgehead atoms. The third-order valence-corrected chi connectivity index (χ3v) is 5.62. The van der Waals surface area contributed by atoms with Gasteiger partial charge in [-0.25, -0.2) is 0 Å². The molecule has 2 aliphatic heterocycles. The maximum Gasteiger partial charge on any atom is 0.00790 e. The maximum atomic E-state index is 3.55. The lowest BCUT2D eigenvalue weighted by molar-refractivity contribution is 0.109. The van der Waals surface area contributed by atoms with Crippen molar-refractivity contribution in [2.75, 3.05) is 18.8 Å². The van der Waals surface area contributed by atoms with Crippen molar-refractivity contribution in [2.45, 2.75) is 38.4 Å². The topological polar surface area (TPSA) is 12.0 Å². The van der Waals surface area contributed by atoms with E-state index in [1.165, 1.54) is 38.1 Å². The average molecular weight is 199 g/mol. The molecule has 2 aliphatic rings. The monoisotopic (exact) mass is 199 g/mol. The molecular formula is C11H21NS. The molecule has 0 radical (unpaired) electrons. The molecule has 0 aliphatic carbocycles. The number of hydrogen-bond donors (Lipinski definition) is 1. The summed E-state index contributed by atoms with van der Waals surface area (Å²) < 4.78 is 0. The first-order valence-electron chi connectivity index (χ1n) is 5.62. The largest absolute Gasteiger partial charge is 0.316 e. The van der Waals surface area contributed by atoms with Crippen molar-refractivity contribution < 1.29 is 0 Å². The molecule has 76 valence electrons. The van der Waals surface area contributed by atoms with Crippen LogP contribution in [0, 0.1) is 11.3 Å². The van der Waals surface area contributed by atoms with Crippen LogP contribution in [0.2, 0.25) is 0 Å². The maximum absolute atomic E-state index is 3.55. The molecular weight excluding hydrogens is 178 g/mol. The van der Waals surface area contributed by atoms with Crippen molar-refractivity contribution in [3.05, 3.63) is 0 Å². The van der Waals surface area contributed by atoms with Crippen molar-refractivity contribution >= 4 is 11.8 Å². The summed E-state index contributed by atoms with van der Waals surface area (Å²) in [6.45, 7) is 7.32. The highest BCUT2D eigenvalue weighted by Gasteiger charge is 2.46. The van der Waals surface area contributed by atoms with Gasteiger partial charge in [-0.15, -0.1) is 0 Å². The van der Waals surface area contributed by atoms with Gasteiger partial charge >= 0.3 is 0 Å². The summed E-state index contributed by atoms with van der Waals surface area (Å²) in [5.41, 5.74) is 0.699. The molecule has 1 N–H and O–H groups in total. The summed E-state index contributed by atoms with van der Waals surface area (Å²) in [6, 6.07) is 0. The molecule has 2 saturated heterocycles. The minimum Gasteiger partial charge on any atom is -0.316 e. The first-order valence-corrected chi connectivity index (χ1v) is 6.67. The Hall–Kier alpha value is 0.310. The molecule has 2 fully saturated rings. The predicted octanol–water partition coefficient (Wildman–Crippen LogP) is 2.52. The van der Waals surface area contributed by atoms with E-state index < -0.39 is 0 Å². The fourth-order valence-corrected chi connectivity index (χ4v) is 4.83. The average Bonchev–Trinajstić information content (AvgIpc) is 2.50. The Labute approximate surface area is 86.0 Å². The van der Waals surface area contributed by atoms with E-state index in [1.807, 2.05) is 0 Å². The summed E-state index contributed by atoms with van der Waals surface area (Å²) in [5.74, 6) is 2.34. The second-order valence-electron chi connectivity index (χ2n) is 4.56. The molecule has 3 unspecified atom stereocenters. The Bertz CT molecular complexity index is 183. The SMILES string of the molecule is CCC1CNCCC12CCSC2C. The highest BCUT2D eigenvalue weighted by atomic mass is 32.2. The second kappa shape index (κ2) is 3.82. The van der Waals surface area contributed by atoms with Crippen molar-refractivity contribution in [3.8, 4) is 0 Å². The minimum absolute atomic E-state index is 0.699. The highest BCUT2D eigenvalue weighted by Crippen LogP contribution is 2.52. The summed E-state index contributed by atoms with van der Waals surface area (Å²) in [5, 5.41) is 4.45. The third-order valence-electron chi connectivity index (χ3n) is 4.21. The third kappa shape index (κ3) is 1.52. The Morgan fingerprint density at radius 2 is 2.31 bits per heavy atom. The van der Waals surface area contributed by atoms with E-state index in [9.17, 15) is 0 Å². The minimum atomic E-state index is 0.699. The number of thioether (sulfide) groups is 1. The van der Waals surface area contributed by atoms with Gasteiger partial charge in [0.05, 0.1) is 0 Å². The lowest BCUT2D eigenvalue weighted by Crippen LogP contribution is -2.47. The van der Waals surface area contributed by atoms with Gasteiger partial charge in [0.25, 0.3) is 0 Å².